The molecule has 1 atom stereocenters. The summed E-state index contributed by atoms with van der Waals surface area (Å²) in [6.07, 6.45) is 8.08. The quantitative estimate of drug-likeness (QED) is 0.148. The molecule has 34 heavy (non-hydrogen) atoms. The molecular weight excluding hydrogens is 488 g/mol. The van der Waals surface area contributed by atoms with Crippen LogP contribution >= 0.6 is 0 Å². The topological polar surface area (TPSA) is 139 Å². The van der Waals surface area contributed by atoms with Gasteiger partial charge in [0.1, 0.15) is 12.2 Å². The summed E-state index contributed by atoms with van der Waals surface area (Å²) in [7, 11) is -7.85. The molecule has 10 nitrogen and oxygen atoms in total. The summed E-state index contributed by atoms with van der Waals surface area (Å²) in [6, 6.07) is 0. The number of carbonyl (C=O) groups excluding carboxylic acids is 2. The van der Waals surface area contributed by atoms with Crippen LogP contribution in [0, 0.1) is 0 Å². The maximum Gasteiger partial charge on any atom is 0.333 e. The summed E-state index contributed by atoms with van der Waals surface area (Å²) in [5.41, 5.74) is 0. The van der Waals surface area contributed by atoms with E-state index in [2.05, 4.69) is 0 Å². The molecule has 0 amide bonds. The van der Waals surface area contributed by atoms with Gasteiger partial charge in [0.05, 0.1) is 11.5 Å². The van der Waals surface area contributed by atoms with Crippen LogP contribution in [0.5, 0.6) is 0 Å². The van der Waals surface area contributed by atoms with E-state index in [4.69, 9.17) is 17.8 Å². The summed E-state index contributed by atoms with van der Waals surface area (Å²) in [5, 5.41) is 0. The van der Waals surface area contributed by atoms with Crippen LogP contribution < -0.4 is 0 Å². The highest BCUT2D eigenvalue weighted by atomic mass is 32.2. The number of hydrogen-bond donors (Lipinski definition) is 0. The van der Waals surface area contributed by atoms with Crippen molar-refractivity contribution in [3.8, 4) is 0 Å². The Balaban J connectivity index is 2.19. The zero-order valence-corrected chi connectivity index (χ0v) is 22.0. The molecule has 1 rings (SSSR count). The van der Waals surface area contributed by atoms with Gasteiger partial charge in [-0.05, 0) is 51.4 Å². The van der Waals surface area contributed by atoms with Crippen molar-refractivity contribution in [2.45, 2.75) is 103 Å². The van der Waals surface area contributed by atoms with Gasteiger partial charge in [-0.2, -0.15) is 16.8 Å². The average molecular weight is 529 g/mol. The van der Waals surface area contributed by atoms with Crippen molar-refractivity contribution in [3.63, 3.8) is 0 Å². The van der Waals surface area contributed by atoms with Gasteiger partial charge in [0.15, 0.2) is 13.2 Å². The monoisotopic (exact) mass is 528 g/mol. The number of esters is 2. The average Bonchev–Trinajstić information content (AvgIpc) is 2.79. The van der Waals surface area contributed by atoms with Gasteiger partial charge in [0.2, 0.25) is 0 Å². The SMILES string of the molecule is CCCCC(CC)OC(=O)COS(=O)(=O)CCCCCS(=O)(=O)OCC(=O)OC1CCCCC1. The molecule has 1 aliphatic carbocycles. The van der Waals surface area contributed by atoms with Crippen LogP contribution in [0.4, 0.5) is 0 Å². The largest absolute Gasteiger partial charge is 0.461 e. The molecule has 1 fully saturated rings. The van der Waals surface area contributed by atoms with Crippen molar-refractivity contribution >= 4 is 32.2 Å². The van der Waals surface area contributed by atoms with E-state index in [0.717, 1.165) is 51.4 Å². The molecule has 0 aromatic heterocycles. The van der Waals surface area contributed by atoms with Gasteiger partial charge >= 0.3 is 11.9 Å². The third kappa shape index (κ3) is 14.9. The lowest BCUT2D eigenvalue weighted by Crippen LogP contribution is -2.25. The highest BCUT2D eigenvalue weighted by Crippen LogP contribution is 2.20. The molecule has 0 heterocycles. The molecule has 200 valence electrons. The fourth-order valence-electron chi connectivity index (χ4n) is 3.53. The van der Waals surface area contributed by atoms with Gasteiger partial charge in [-0.15, -0.1) is 0 Å². The third-order valence-electron chi connectivity index (χ3n) is 5.48. The Morgan fingerprint density at radius 1 is 0.794 bits per heavy atom. The Labute approximate surface area is 204 Å². The molecule has 0 N–H and O–H groups in total. The number of rotatable bonds is 18. The molecule has 0 aromatic rings. The zero-order chi connectivity index (χ0) is 25.5. The number of carbonyl (C=O) groups is 2. The highest BCUT2D eigenvalue weighted by Gasteiger charge is 2.21. The van der Waals surface area contributed by atoms with Crippen LogP contribution in [0.1, 0.15) is 90.9 Å². The summed E-state index contributed by atoms with van der Waals surface area (Å²) < 4.78 is 67.6. The maximum absolute atomic E-state index is 11.9. The molecule has 12 heteroatoms. The first kappa shape index (κ1) is 30.8. The van der Waals surface area contributed by atoms with Crippen LogP contribution in [0.25, 0.3) is 0 Å². The normalized spacial score (nSPS) is 16.2. The molecule has 0 aromatic carbocycles. The minimum absolute atomic E-state index is 0.157. The Kier molecular flexibility index (Phi) is 14.9. The van der Waals surface area contributed by atoms with E-state index in [1.54, 1.807) is 0 Å². The zero-order valence-electron chi connectivity index (χ0n) is 20.4. The minimum Gasteiger partial charge on any atom is -0.461 e. The lowest BCUT2D eigenvalue weighted by molar-refractivity contribution is -0.153. The first-order valence-electron chi connectivity index (χ1n) is 12.2. The number of ether oxygens (including phenoxy) is 2. The number of unbranched alkanes of at least 4 members (excludes halogenated alkanes) is 3. The van der Waals surface area contributed by atoms with E-state index in [1.165, 1.54) is 0 Å². The Morgan fingerprint density at radius 3 is 1.88 bits per heavy atom. The smallest absolute Gasteiger partial charge is 0.333 e. The van der Waals surface area contributed by atoms with E-state index in [1.807, 2.05) is 13.8 Å². The Bertz CT molecular complexity index is 802. The van der Waals surface area contributed by atoms with Crippen molar-refractivity contribution in [2.75, 3.05) is 24.7 Å². The summed E-state index contributed by atoms with van der Waals surface area (Å²) in [5.74, 6) is -2.11. The molecule has 0 radical (unpaired) electrons. The van der Waals surface area contributed by atoms with Crippen molar-refractivity contribution < 1.29 is 44.3 Å². The van der Waals surface area contributed by atoms with Crippen LogP contribution in [-0.4, -0.2) is 65.7 Å². The number of hydrogen-bond acceptors (Lipinski definition) is 10. The molecule has 1 unspecified atom stereocenters. The van der Waals surface area contributed by atoms with Crippen molar-refractivity contribution in [1.29, 1.82) is 0 Å². The van der Waals surface area contributed by atoms with E-state index < -0.39 is 45.4 Å². The predicted octanol–water partition coefficient (Wildman–Crippen LogP) is 3.24. The van der Waals surface area contributed by atoms with Gasteiger partial charge < -0.3 is 9.47 Å². The van der Waals surface area contributed by atoms with E-state index in [0.29, 0.717) is 6.42 Å². The summed E-state index contributed by atoms with van der Waals surface area (Å²) in [4.78, 5) is 23.6. The standard InChI is InChI=1S/C22H40O10S2/c1-3-5-12-19(4-2)31-21(23)17-29-33(25,26)15-10-7-11-16-34(27,28)30-18-22(24)32-20-13-8-6-9-14-20/h19-20H,3-18H2,1-2H3. The molecule has 1 saturated carbocycles. The maximum atomic E-state index is 11.9. The van der Waals surface area contributed by atoms with Gasteiger partial charge in [0.25, 0.3) is 20.2 Å². The van der Waals surface area contributed by atoms with E-state index in [-0.39, 0.29) is 43.0 Å². The Hall–Kier alpha value is -1.24. The van der Waals surface area contributed by atoms with Crippen LogP contribution in [0.3, 0.4) is 0 Å². The molecule has 0 bridgehead atoms. The molecular formula is C22H40O10S2. The lowest BCUT2D eigenvalue weighted by atomic mass is 9.98. The van der Waals surface area contributed by atoms with Gasteiger partial charge in [-0.25, -0.2) is 9.59 Å². The van der Waals surface area contributed by atoms with Gasteiger partial charge in [0, 0.05) is 0 Å². The summed E-state index contributed by atoms with van der Waals surface area (Å²) >= 11 is 0. The second-order valence-electron chi connectivity index (χ2n) is 8.52. The van der Waals surface area contributed by atoms with Crippen molar-refractivity contribution in [2.24, 2.45) is 0 Å². The first-order valence-corrected chi connectivity index (χ1v) is 15.4. The molecule has 0 spiro atoms. The highest BCUT2D eigenvalue weighted by molar-refractivity contribution is 7.87. The van der Waals surface area contributed by atoms with E-state index >= 15 is 0 Å². The lowest BCUT2D eigenvalue weighted by Gasteiger charge is -2.21. The van der Waals surface area contributed by atoms with Crippen LogP contribution in [0.2, 0.25) is 0 Å². The van der Waals surface area contributed by atoms with Crippen LogP contribution in [0.15, 0.2) is 0 Å². The Morgan fingerprint density at radius 2 is 1.35 bits per heavy atom. The van der Waals surface area contributed by atoms with Crippen molar-refractivity contribution in [3.05, 3.63) is 0 Å². The fourth-order valence-corrected chi connectivity index (χ4v) is 5.43. The second-order valence-corrected chi connectivity index (χ2v) is 12.0. The minimum atomic E-state index is -3.93. The molecule has 0 aliphatic heterocycles. The van der Waals surface area contributed by atoms with Crippen LogP contribution in [-0.2, 0) is 47.7 Å². The first-order chi connectivity index (χ1) is 16.1. The fraction of sp³-hybridized carbons (Fsp3) is 0.909. The van der Waals surface area contributed by atoms with Crippen molar-refractivity contribution in [1.82, 2.24) is 0 Å². The molecule has 1 aliphatic rings. The third-order valence-corrected chi connectivity index (χ3v) is 8.02. The molecule has 0 saturated heterocycles. The van der Waals surface area contributed by atoms with Gasteiger partial charge in [-0.1, -0.05) is 39.5 Å². The second kappa shape index (κ2) is 16.4. The van der Waals surface area contributed by atoms with E-state index in [9.17, 15) is 26.4 Å². The predicted molar refractivity (Wildman–Crippen MR) is 126 cm³/mol. The summed E-state index contributed by atoms with van der Waals surface area (Å²) in [6.45, 7) is 2.58. The van der Waals surface area contributed by atoms with Gasteiger partial charge in [-0.3, -0.25) is 8.37 Å².